The number of amides is 1. The fourth-order valence-electron chi connectivity index (χ4n) is 2.99. The van der Waals surface area contributed by atoms with Gasteiger partial charge in [-0.15, -0.1) is 0 Å². The predicted molar refractivity (Wildman–Crippen MR) is 116 cm³/mol. The Morgan fingerprint density at radius 3 is 2.13 bits per heavy atom. The van der Waals surface area contributed by atoms with Gasteiger partial charge in [-0.2, -0.15) is 0 Å². The highest BCUT2D eigenvalue weighted by Crippen LogP contribution is 2.22. The maximum atomic E-state index is 12.2. The monoisotopic (exact) mass is 411 g/mol. The summed E-state index contributed by atoms with van der Waals surface area (Å²) in [6.45, 7) is 5.60. The van der Waals surface area contributed by atoms with Crippen LogP contribution in [0.15, 0.2) is 42.5 Å². The Labute approximate surface area is 177 Å². The van der Waals surface area contributed by atoms with Crippen LogP contribution in [0.5, 0.6) is 5.75 Å². The smallest absolute Gasteiger partial charge is 0.306 e. The molecule has 0 radical (unpaired) electrons. The minimum atomic E-state index is -0.444. The molecule has 0 heterocycles. The Morgan fingerprint density at radius 1 is 0.933 bits per heavy atom. The van der Waals surface area contributed by atoms with Crippen molar-refractivity contribution in [1.82, 2.24) is 0 Å². The molecular weight excluding hydrogens is 382 g/mol. The molecule has 0 atom stereocenters. The Hall–Kier alpha value is -3.15. The summed E-state index contributed by atoms with van der Waals surface area (Å²) in [5.41, 5.74) is 3.55. The normalized spacial score (nSPS) is 10.4. The van der Waals surface area contributed by atoms with Crippen LogP contribution in [-0.4, -0.2) is 30.9 Å². The van der Waals surface area contributed by atoms with E-state index in [4.69, 9.17) is 9.47 Å². The molecule has 1 N–H and O–H groups in total. The summed E-state index contributed by atoms with van der Waals surface area (Å²) >= 11 is 0. The fourth-order valence-corrected chi connectivity index (χ4v) is 2.99. The summed E-state index contributed by atoms with van der Waals surface area (Å²) in [5, 5.41) is 2.87. The van der Waals surface area contributed by atoms with E-state index in [9.17, 15) is 14.4 Å². The lowest BCUT2D eigenvalue weighted by molar-refractivity contribution is -0.147. The minimum Gasteiger partial charge on any atom is -0.494 e. The number of ketones is 1. The predicted octanol–water partition coefficient (Wildman–Crippen LogP) is 4.35. The Balaban J connectivity index is 1.71. The molecule has 1 amide bonds. The molecule has 160 valence electrons. The Bertz CT molecular complexity index is 851. The average molecular weight is 411 g/mol. The molecule has 0 aromatic heterocycles. The summed E-state index contributed by atoms with van der Waals surface area (Å²) in [6.07, 6.45) is 2.24. The first-order valence-electron chi connectivity index (χ1n) is 10.2. The Morgan fingerprint density at radius 2 is 1.57 bits per heavy atom. The summed E-state index contributed by atoms with van der Waals surface area (Å²) < 4.78 is 10.6. The van der Waals surface area contributed by atoms with E-state index in [1.54, 1.807) is 24.3 Å². The third-order valence-corrected chi connectivity index (χ3v) is 4.68. The number of ether oxygens (including phenoxy) is 2. The third-order valence-electron chi connectivity index (χ3n) is 4.68. The number of Topliss-reactive ketones (excluding diaryl/α,β-unsaturated/α-hetero) is 1. The molecule has 2 aromatic carbocycles. The zero-order chi connectivity index (χ0) is 21.9. The van der Waals surface area contributed by atoms with E-state index in [0.29, 0.717) is 24.3 Å². The van der Waals surface area contributed by atoms with Crippen molar-refractivity contribution in [1.29, 1.82) is 0 Å². The van der Waals surface area contributed by atoms with Crippen LogP contribution in [0, 0.1) is 0 Å². The third kappa shape index (κ3) is 7.03. The lowest BCUT2D eigenvalue weighted by Gasteiger charge is -2.14. The number of anilines is 1. The number of hydrogen-bond acceptors (Lipinski definition) is 5. The van der Waals surface area contributed by atoms with Crippen LogP contribution in [0.4, 0.5) is 5.69 Å². The number of rotatable bonds is 11. The number of esters is 1. The van der Waals surface area contributed by atoms with Gasteiger partial charge in [-0.1, -0.05) is 32.0 Å². The lowest BCUT2D eigenvalue weighted by atomic mass is 10.0. The van der Waals surface area contributed by atoms with Crippen molar-refractivity contribution >= 4 is 23.3 Å². The van der Waals surface area contributed by atoms with Crippen molar-refractivity contribution in [2.24, 2.45) is 0 Å². The first-order valence-corrected chi connectivity index (χ1v) is 10.2. The van der Waals surface area contributed by atoms with Crippen LogP contribution in [0.25, 0.3) is 0 Å². The van der Waals surface area contributed by atoms with Crippen molar-refractivity contribution in [3.05, 3.63) is 59.2 Å². The van der Waals surface area contributed by atoms with Gasteiger partial charge in [-0.3, -0.25) is 14.4 Å². The van der Waals surface area contributed by atoms with E-state index in [1.165, 1.54) is 6.92 Å². The van der Waals surface area contributed by atoms with E-state index in [2.05, 4.69) is 5.32 Å². The van der Waals surface area contributed by atoms with Crippen molar-refractivity contribution in [3.63, 3.8) is 0 Å². The zero-order valence-electron chi connectivity index (χ0n) is 17.8. The van der Waals surface area contributed by atoms with Crippen LogP contribution in [-0.2, 0) is 27.2 Å². The number of benzene rings is 2. The molecule has 0 bridgehead atoms. The number of aryl methyl sites for hydroxylation is 2. The highest BCUT2D eigenvalue weighted by molar-refractivity contribution is 5.94. The first-order chi connectivity index (χ1) is 14.4. The maximum Gasteiger partial charge on any atom is 0.306 e. The molecule has 0 spiro atoms. The maximum absolute atomic E-state index is 12.2. The summed E-state index contributed by atoms with van der Waals surface area (Å²) in [6, 6.07) is 12.8. The minimum absolute atomic E-state index is 0.00238. The molecule has 2 aromatic rings. The average Bonchev–Trinajstić information content (AvgIpc) is 2.75. The molecule has 0 aliphatic carbocycles. The second-order valence-electron chi connectivity index (χ2n) is 6.90. The SMILES string of the molecule is CCc1cccc(CC)c1NC(=O)COC(=O)CCCOc1ccc(C(C)=O)cc1. The molecule has 0 saturated carbocycles. The number of carbonyl (C=O) groups excluding carboxylic acids is 3. The molecule has 6 heteroatoms. The summed E-state index contributed by atoms with van der Waals surface area (Å²) in [7, 11) is 0. The highest BCUT2D eigenvalue weighted by atomic mass is 16.5. The van der Waals surface area contributed by atoms with Gasteiger partial charge < -0.3 is 14.8 Å². The fraction of sp³-hybridized carbons (Fsp3) is 0.375. The molecule has 30 heavy (non-hydrogen) atoms. The van der Waals surface area contributed by atoms with Crippen LogP contribution in [0.3, 0.4) is 0 Å². The van der Waals surface area contributed by atoms with E-state index in [-0.39, 0.29) is 24.7 Å². The molecule has 0 aliphatic heterocycles. The molecule has 0 aliphatic rings. The van der Waals surface area contributed by atoms with Crippen molar-refractivity contribution < 1.29 is 23.9 Å². The van der Waals surface area contributed by atoms with Crippen LogP contribution < -0.4 is 10.1 Å². The number of para-hydroxylation sites is 1. The van der Waals surface area contributed by atoms with E-state index in [1.807, 2.05) is 32.0 Å². The van der Waals surface area contributed by atoms with Crippen molar-refractivity contribution in [3.8, 4) is 5.75 Å². The van der Waals surface area contributed by atoms with Crippen LogP contribution in [0.1, 0.15) is 55.1 Å². The Kier molecular flexibility index (Phi) is 9.06. The van der Waals surface area contributed by atoms with Gasteiger partial charge in [-0.25, -0.2) is 0 Å². The zero-order valence-corrected chi connectivity index (χ0v) is 17.8. The van der Waals surface area contributed by atoms with Gasteiger partial charge in [0.15, 0.2) is 12.4 Å². The van der Waals surface area contributed by atoms with Gasteiger partial charge in [0.25, 0.3) is 5.91 Å². The van der Waals surface area contributed by atoms with Crippen molar-refractivity contribution in [2.45, 2.75) is 46.5 Å². The quantitative estimate of drug-likeness (QED) is 0.338. The van der Waals surface area contributed by atoms with Crippen molar-refractivity contribution in [2.75, 3.05) is 18.5 Å². The van der Waals surface area contributed by atoms with Gasteiger partial charge in [0, 0.05) is 17.7 Å². The van der Waals surface area contributed by atoms with E-state index < -0.39 is 5.97 Å². The second-order valence-corrected chi connectivity index (χ2v) is 6.90. The van der Waals surface area contributed by atoms with Gasteiger partial charge >= 0.3 is 5.97 Å². The molecule has 6 nitrogen and oxygen atoms in total. The first kappa shape index (κ1) is 23.1. The van der Waals surface area contributed by atoms with Gasteiger partial charge in [-0.05, 0) is 61.6 Å². The van der Waals surface area contributed by atoms with Gasteiger partial charge in [0.1, 0.15) is 5.75 Å². The lowest BCUT2D eigenvalue weighted by Crippen LogP contribution is -2.22. The van der Waals surface area contributed by atoms with Gasteiger partial charge in [0.05, 0.1) is 6.61 Å². The van der Waals surface area contributed by atoms with E-state index >= 15 is 0 Å². The highest BCUT2D eigenvalue weighted by Gasteiger charge is 2.12. The molecule has 0 fully saturated rings. The summed E-state index contributed by atoms with van der Waals surface area (Å²) in [5.74, 6) is -0.160. The second kappa shape index (κ2) is 11.8. The topological polar surface area (TPSA) is 81.7 Å². The molecule has 0 saturated heterocycles. The molecular formula is C24H29NO5. The number of hydrogen-bond donors (Lipinski definition) is 1. The van der Waals surface area contributed by atoms with E-state index in [0.717, 1.165) is 29.7 Å². The largest absolute Gasteiger partial charge is 0.494 e. The number of nitrogens with one attached hydrogen (secondary N) is 1. The van der Waals surface area contributed by atoms with Crippen LogP contribution in [0.2, 0.25) is 0 Å². The van der Waals surface area contributed by atoms with Gasteiger partial charge in [0.2, 0.25) is 0 Å². The number of carbonyl (C=O) groups is 3. The molecule has 2 rings (SSSR count). The summed E-state index contributed by atoms with van der Waals surface area (Å²) in [4.78, 5) is 35.3. The standard InChI is InChI=1S/C24H29NO5/c1-4-18-8-6-9-19(5-2)24(18)25-22(27)16-30-23(28)10-7-15-29-21-13-11-20(12-14-21)17(3)26/h6,8-9,11-14H,4-5,7,10,15-16H2,1-3H3,(H,25,27). The molecule has 0 unspecified atom stereocenters. The van der Waals surface area contributed by atoms with Crippen LogP contribution >= 0.6 is 0 Å².